The molecule has 0 aromatic carbocycles. The molecule has 0 saturated carbocycles. The average molecular weight is 160 g/mol. The number of hydrogen-bond acceptors (Lipinski definition) is 3. The van der Waals surface area contributed by atoms with Crippen molar-refractivity contribution in [3.8, 4) is 5.75 Å². The van der Waals surface area contributed by atoms with E-state index in [0.717, 1.165) is 16.7 Å². The molecular formula is C9H8N2O. The Kier molecular flexibility index (Phi) is 1.63. The van der Waals surface area contributed by atoms with Gasteiger partial charge in [-0.25, -0.2) is 0 Å². The van der Waals surface area contributed by atoms with Crippen molar-refractivity contribution in [1.82, 2.24) is 9.97 Å². The first-order valence-corrected chi connectivity index (χ1v) is 3.64. The van der Waals surface area contributed by atoms with Crippen molar-refractivity contribution >= 4 is 10.9 Å². The van der Waals surface area contributed by atoms with Crippen LogP contribution < -0.4 is 4.74 Å². The van der Waals surface area contributed by atoms with E-state index >= 15 is 0 Å². The minimum atomic E-state index is 0.813. The van der Waals surface area contributed by atoms with Gasteiger partial charge in [-0.3, -0.25) is 9.97 Å². The van der Waals surface area contributed by atoms with E-state index in [1.165, 1.54) is 0 Å². The zero-order chi connectivity index (χ0) is 8.39. The van der Waals surface area contributed by atoms with Crippen LogP contribution in [0, 0.1) is 0 Å². The van der Waals surface area contributed by atoms with Crippen LogP contribution in [-0.4, -0.2) is 17.1 Å². The fourth-order valence-electron chi connectivity index (χ4n) is 1.14. The molecule has 2 rings (SSSR count). The van der Waals surface area contributed by atoms with Crippen LogP contribution in [-0.2, 0) is 0 Å². The molecule has 0 atom stereocenters. The summed E-state index contributed by atoms with van der Waals surface area (Å²) in [5.41, 5.74) is 0.907. The largest absolute Gasteiger partial charge is 0.496 e. The van der Waals surface area contributed by atoms with Crippen molar-refractivity contribution in [3.05, 3.63) is 30.7 Å². The van der Waals surface area contributed by atoms with Crippen molar-refractivity contribution in [2.24, 2.45) is 0 Å². The number of pyridine rings is 2. The van der Waals surface area contributed by atoms with Crippen molar-refractivity contribution in [3.63, 3.8) is 0 Å². The SMILES string of the molecule is COc1ccnc2ccncc12. The Morgan fingerprint density at radius 3 is 3.00 bits per heavy atom. The van der Waals surface area contributed by atoms with Crippen LogP contribution in [0.25, 0.3) is 10.9 Å². The van der Waals surface area contributed by atoms with Crippen molar-refractivity contribution < 1.29 is 4.74 Å². The van der Waals surface area contributed by atoms with Crippen LogP contribution in [0.1, 0.15) is 0 Å². The predicted molar refractivity (Wildman–Crippen MR) is 46.1 cm³/mol. The van der Waals surface area contributed by atoms with Crippen LogP contribution in [0.15, 0.2) is 30.7 Å². The van der Waals surface area contributed by atoms with E-state index in [1.54, 1.807) is 25.7 Å². The first kappa shape index (κ1) is 7.03. The molecule has 0 N–H and O–H groups in total. The van der Waals surface area contributed by atoms with Crippen LogP contribution in [0.5, 0.6) is 5.75 Å². The second-order valence-electron chi connectivity index (χ2n) is 2.41. The third-order valence-electron chi connectivity index (χ3n) is 1.72. The van der Waals surface area contributed by atoms with Gasteiger partial charge in [0.05, 0.1) is 18.0 Å². The summed E-state index contributed by atoms with van der Waals surface area (Å²) in [4.78, 5) is 8.17. The molecule has 0 amide bonds. The summed E-state index contributed by atoms with van der Waals surface area (Å²) in [7, 11) is 1.64. The standard InChI is InChI=1S/C9H8N2O/c1-12-9-3-5-11-8-2-4-10-6-7(8)9/h2-6H,1H3. The molecular weight excluding hydrogens is 152 g/mol. The predicted octanol–water partition coefficient (Wildman–Crippen LogP) is 1.64. The first-order chi connectivity index (χ1) is 5.92. The summed E-state index contributed by atoms with van der Waals surface area (Å²) in [5.74, 6) is 0.813. The molecule has 0 bridgehead atoms. The lowest BCUT2D eigenvalue weighted by Crippen LogP contribution is -1.86. The molecule has 0 fully saturated rings. The van der Waals surface area contributed by atoms with Gasteiger partial charge < -0.3 is 4.74 Å². The number of methoxy groups -OCH3 is 1. The fraction of sp³-hybridized carbons (Fsp3) is 0.111. The summed E-state index contributed by atoms with van der Waals surface area (Å²) < 4.78 is 5.15. The van der Waals surface area contributed by atoms with Gasteiger partial charge in [-0.15, -0.1) is 0 Å². The fourth-order valence-corrected chi connectivity index (χ4v) is 1.14. The third kappa shape index (κ3) is 0.993. The summed E-state index contributed by atoms with van der Waals surface area (Å²) in [5, 5.41) is 0.947. The molecule has 0 radical (unpaired) electrons. The Bertz CT molecular complexity index is 395. The topological polar surface area (TPSA) is 35.0 Å². The molecule has 0 saturated heterocycles. The van der Waals surface area contributed by atoms with Gasteiger partial charge in [-0.05, 0) is 12.1 Å². The lowest BCUT2D eigenvalue weighted by molar-refractivity contribution is 0.419. The molecule has 60 valence electrons. The molecule has 3 nitrogen and oxygen atoms in total. The minimum Gasteiger partial charge on any atom is -0.496 e. The van der Waals surface area contributed by atoms with E-state index in [2.05, 4.69) is 9.97 Å². The maximum Gasteiger partial charge on any atom is 0.131 e. The van der Waals surface area contributed by atoms with Gasteiger partial charge in [0.1, 0.15) is 5.75 Å². The van der Waals surface area contributed by atoms with Crippen LogP contribution in [0.3, 0.4) is 0 Å². The summed E-state index contributed by atoms with van der Waals surface area (Å²) in [6.45, 7) is 0. The van der Waals surface area contributed by atoms with Crippen LogP contribution >= 0.6 is 0 Å². The van der Waals surface area contributed by atoms with Gasteiger partial charge in [0.25, 0.3) is 0 Å². The maximum atomic E-state index is 5.15. The lowest BCUT2D eigenvalue weighted by Gasteiger charge is -2.02. The molecule has 0 aliphatic carbocycles. The molecule has 0 aliphatic heterocycles. The molecule has 2 aromatic rings. The maximum absolute atomic E-state index is 5.15. The number of aromatic nitrogens is 2. The minimum absolute atomic E-state index is 0.813. The van der Waals surface area contributed by atoms with E-state index in [-0.39, 0.29) is 0 Å². The van der Waals surface area contributed by atoms with E-state index < -0.39 is 0 Å². The van der Waals surface area contributed by atoms with Crippen LogP contribution in [0.2, 0.25) is 0 Å². The molecule has 12 heavy (non-hydrogen) atoms. The van der Waals surface area contributed by atoms with Gasteiger partial charge in [0, 0.05) is 18.6 Å². The Balaban J connectivity index is 2.79. The van der Waals surface area contributed by atoms with E-state index in [0.29, 0.717) is 0 Å². The average Bonchev–Trinajstić information content (AvgIpc) is 2.17. The summed E-state index contributed by atoms with van der Waals surface area (Å²) >= 11 is 0. The first-order valence-electron chi connectivity index (χ1n) is 3.64. The Hall–Kier alpha value is -1.64. The van der Waals surface area contributed by atoms with Gasteiger partial charge in [-0.1, -0.05) is 0 Å². The van der Waals surface area contributed by atoms with Crippen molar-refractivity contribution in [2.75, 3.05) is 7.11 Å². The Morgan fingerprint density at radius 1 is 1.25 bits per heavy atom. The Morgan fingerprint density at radius 2 is 2.17 bits per heavy atom. The van der Waals surface area contributed by atoms with Gasteiger partial charge >= 0.3 is 0 Å². The van der Waals surface area contributed by atoms with E-state index in [1.807, 2.05) is 12.1 Å². The number of nitrogens with zero attached hydrogens (tertiary/aromatic N) is 2. The number of fused-ring (bicyclic) bond motifs is 1. The monoisotopic (exact) mass is 160 g/mol. The molecule has 3 heteroatoms. The zero-order valence-electron chi connectivity index (χ0n) is 6.69. The second-order valence-corrected chi connectivity index (χ2v) is 2.41. The van der Waals surface area contributed by atoms with E-state index in [4.69, 9.17) is 4.74 Å². The van der Waals surface area contributed by atoms with Crippen LogP contribution in [0.4, 0.5) is 0 Å². The zero-order valence-corrected chi connectivity index (χ0v) is 6.69. The van der Waals surface area contributed by atoms with Gasteiger partial charge in [-0.2, -0.15) is 0 Å². The quantitative estimate of drug-likeness (QED) is 0.636. The third-order valence-corrected chi connectivity index (χ3v) is 1.72. The highest BCUT2D eigenvalue weighted by Gasteiger charge is 1.99. The second kappa shape index (κ2) is 2.77. The summed E-state index contributed by atoms with van der Waals surface area (Å²) in [6.07, 6.45) is 5.19. The highest BCUT2D eigenvalue weighted by Crippen LogP contribution is 2.21. The number of ether oxygens (including phenoxy) is 1. The normalized spacial score (nSPS) is 10.1. The Labute approximate surface area is 70.0 Å². The van der Waals surface area contributed by atoms with Crippen molar-refractivity contribution in [2.45, 2.75) is 0 Å². The molecule has 0 spiro atoms. The summed E-state index contributed by atoms with van der Waals surface area (Å²) in [6, 6.07) is 3.68. The van der Waals surface area contributed by atoms with Crippen molar-refractivity contribution in [1.29, 1.82) is 0 Å². The number of rotatable bonds is 1. The lowest BCUT2D eigenvalue weighted by atomic mass is 10.2. The van der Waals surface area contributed by atoms with E-state index in [9.17, 15) is 0 Å². The highest BCUT2D eigenvalue weighted by molar-refractivity contribution is 5.83. The molecule has 0 aliphatic rings. The van der Waals surface area contributed by atoms with Gasteiger partial charge in [0.2, 0.25) is 0 Å². The molecule has 2 aromatic heterocycles. The van der Waals surface area contributed by atoms with Gasteiger partial charge in [0.15, 0.2) is 0 Å². The highest BCUT2D eigenvalue weighted by atomic mass is 16.5. The number of hydrogen-bond donors (Lipinski definition) is 0. The molecule has 2 heterocycles. The molecule has 0 unspecified atom stereocenters. The smallest absolute Gasteiger partial charge is 0.131 e.